The number of hydrogen-bond donors (Lipinski definition) is 2. The number of carboxylic acid groups (broad SMARTS) is 1. The zero-order valence-electron chi connectivity index (χ0n) is 8.31. The number of carboxylic acids is 1. The van der Waals surface area contributed by atoms with Crippen LogP contribution in [-0.4, -0.2) is 21.9 Å². The molecule has 0 aliphatic carbocycles. The molecule has 0 atom stereocenters. The molecule has 2 N–H and O–H groups in total. The summed E-state index contributed by atoms with van der Waals surface area (Å²) >= 11 is 4.74. The minimum atomic E-state index is -0.980. The van der Waals surface area contributed by atoms with Crippen LogP contribution in [0.3, 0.4) is 0 Å². The van der Waals surface area contributed by atoms with Gasteiger partial charge in [-0.05, 0) is 17.5 Å². The van der Waals surface area contributed by atoms with Crippen LogP contribution >= 0.6 is 11.6 Å². The molecule has 0 spiro atoms. The predicted octanol–water partition coefficient (Wildman–Crippen LogP) is 1.84. The van der Waals surface area contributed by atoms with Crippen molar-refractivity contribution >= 4 is 28.5 Å². The van der Waals surface area contributed by atoms with Crippen molar-refractivity contribution < 1.29 is 9.90 Å². The van der Waals surface area contributed by atoms with Crippen LogP contribution in [-0.2, 0) is 4.79 Å². The molecule has 0 aliphatic heterocycles. The maximum atomic E-state index is 10.8. The van der Waals surface area contributed by atoms with Gasteiger partial charge in [-0.15, -0.1) is 11.6 Å². The number of benzene rings is 1. The SMILES string of the molecule is O=C(O)CCl.O=c1ccc2ccccc2[nH]1. The van der Waals surface area contributed by atoms with E-state index in [0.29, 0.717) is 0 Å². The van der Waals surface area contributed by atoms with Crippen LogP contribution in [0.1, 0.15) is 0 Å². The number of aromatic nitrogens is 1. The second-order valence-corrected chi connectivity index (χ2v) is 3.20. The third kappa shape index (κ3) is 3.74. The summed E-state index contributed by atoms with van der Waals surface area (Å²) in [5.41, 5.74) is 0.837. The van der Waals surface area contributed by atoms with Crippen molar-refractivity contribution in [3.8, 4) is 0 Å². The second-order valence-electron chi connectivity index (χ2n) is 2.94. The van der Waals surface area contributed by atoms with Gasteiger partial charge in [0, 0.05) is 11.6 Å². The Morgan fingerprint density at radius 2 is 1.88 bits per heavy atom. The quantitative estimate of drug-likeness (QED) is 0.746. The first-order valence-electron chi connectivity index (χ1n) is 4.49. The van der Waals surface area contributed by atoms with E-state index in [-0.39, 0.29) is 11.4 Å². The molecule has 0 radical (unpaired) electrons. The van der Waals surface area contributed by atoms with Crippen molar-refractivity contribution in [3.05, 3.63) is 46.8 Å². The number of aliphatic carboxylic acids is 1. The van der Waals surface area contributed by atoms with Crippen LogP contribution in [0.15, 0.2) is 41.2 Å². The third-order valence-electron chi connectivity index (χ3n) is 1.75. The number of rotatable bonds is 1. The van der Waals surface area contributed by atoms with Crippen LogP contribution in [0.2, 0.25) is 0 Å². The first-order chi connectivity index (χ1) is 7.63. The van der Waals surface area contributed by atoms with E-state index in [0.717, 1.165) is 10.9 Å². The van der Waals surface area contributed by atoms with Crippen molar-refractivity contribution in [2.24, 2.45) is 0 Å². The molecule has 16 heavy (non-hydrogen) atoms. The van der Waals surface area contributed by atoms with E-state index in [1.807, 2.05) is 30.3 Å². The number of halogens is 1. The highest BCUT2D eigenvalue weighted by molar-refractivity contribution is 6.26. The second kappa shape index (κ2) is 5.92. The van der Waals surface area contributed by atoms with Gasteiger partial charge in [-0.3, -0.25) is 9.59 Å². The summed E-state index contributed by atoms with van der Waals surface area (Å²) in [6.45, 7) is 0. The Morgan fingerprint density at radius 1 is 1.25 bits per heavy atom. The third-order valence-corrected chi connectivity index (χ3v) is 1.98. The fourth-order valence-corrected chi connectivity index (χ4v) is 1.10. The summed E-state index contributed by atoms with van der Waals surface area (Å²) in [5, 5.41) is 8.65. The van der Waals surface area contributed by atoms with Crippen LogP contribution in [0.5, 0.6) is 0 Å². The molecule has 0 fully saturated rings. The lowest BCUT2D eigenvalue weighted by Crippen LogP contribution is -2.01. The van der Waals surface area contributed by atoms with Crippen molar-refractivity contribution in [1.82, 2.24) is 4.98 Å². The van der Waals surface area contributed by atoms with Crippen molar-refractivity contribution in [3.63, 3.8) is 0 Å². The number of fused-ring (bicyclic) bond motifs is 1. The molecule has 84 valence electrons. The number of hydrogen-bond acceptors (Lipinski definition) is 2. The van der Waals surface area contributed by atoms with Gasteiger partial charge in [-0.2, -0.15) is 0 Å². The fraction of sp³-hybridized carbons (Fsp3) is 0.0909. The number of carbonyl (C=O) groups is 1. The van der Waals surface area contributed by atoms with E-state index in [9.17, 15) is 9.59 Å². The maximum absolute atomic E-state index is 10.8. The zero-order valence-corrected chi connectivity index (χ0v) is 9.07. The Morgan fingerprint density at radius 3 is 2.50 bits per heavy atom. The van der Waals surface area contributed by atoms with Gasteiger partial charge >= 0.3 is 5.97 Å². The van der Waals surface area contributed by atoms with Gasteiger partial charge in [0.2, 0.25) is 5.56 Å². The van der Waals surface area contributed by atoms with Gasteiger partial charge in [-0.25, -0.2) is 0 Å². The lowest BCUT2D eigenvalue weighted by Gasteiger charge is -1.93. The van der Waals surface area contributed by atoms with Crippen LogP contribution in [0.25, 0.3) is 10.9 Å². The van der Waals surface area contributed by atoms with Gasteiger partial charge in [0.25, 0.3) is 0 Å². The number of H-pyrrole nitrogens is 1. The molecule has 0 amide bonds. The molecular formula is C11H10ClNO3. The summed E-state index contributed by atoms with van der Waals surface area (Å²) in [5.74, 6) is -1.29. The molecule has 1 aromatic heterocycles. The zero-order chi connectivity index (χ0) is 12.0. The maximum Gasteiger partial charge on any atom is 0.318 e. The summed E-state index contributed by atoms with van der Waals surface area (Å²) < 4.78 is 0. The van der Waals surface area contributed by atoms with E-state index in [1.54, 1.807) is 0 Å². The molecule has 2 aromatic rings. The standard InChI is InChI=1S/C9H7NO.C2H3ClO2/c11-9-6-5-7-3-1-2-4-8(7)10-9;3-1-2(4)5/h1-6H,(H,10,11);1H2,(H,4,5). The summed E-state index contributed by atoms with van der Waals surface area (Å²) in [4.78, 5) is 22.8. The van der Waals surface area contributed by atoms with Crippen molar-refractivity contribution in [2.75, 3.05) is 5.88 Å². The molecule has 1 aromatic carbocycles. The van der Waals surface area contributed by atoms with Crippen molar-refractivity contribution in [2.45, 2.75) is 0 Å². The smallest absolute Gasteiger partial charge is 0.318 e. The average Bonchev–Trinajstić information content (AvgIpc) is 2.29. The Hall–Kier alpha value is -1.81. The average molecular weight is 240 g/mol. The monoisotopic (exact) mass is 239 g/mol. The van der Waals surface area contributed by atoms with E-state index >= 15 is 0 Å². The van der Waals surface area contributed by atoms with Gasteiger partial charge in [0.15, 0.2) is 0 Å². The topological polar surface area (TPSA) is 70.2 Å². The number of para-hydroxylation sites is 1. The number of nitrogens with one attached hydrogen (secondary N) is 1. The number of alkyl halides is 1. The van der Waals surface area contributed by atoms with Gasteiger partial charge in [0.05, 0.1) is 0 Å². The molecule has 0 saturated heterocycles. The largest absolute Gasteiger partial charge is 0.480 e. The highest BCUT2D eigenvalue weighted by atomic mass is 35.5. The van der Waals surface area contributed by atoms with Crippen LogP contribution < -0.4 is 5.56 Å². The Balaban J connectivity index is 0.000000221. The van der Waals surface area contributed by atoms with Crippen LogP contribution in [0, 0.1) is 0 Å². The number of pyridine rings is 1. The van der Waals surface area contributed by atoms with Crippen LogP contribution in [0.4, 0.5) is 0 Å². The molecule has 0 saturated carbocycles. The van der Waals surface area contributed by atoms with E-state index < -0.39 is 5.97 Å². The lowest BCUT2D eigenvalue weighted by molar-refractivity contribution is -0.134. The minimum Gasteiger partial charge on any atom is -0.480 e. The number of aromatic amines is 1. The molecule has 1 heterocycles. The summed E-state index contributed by atoms with van der Waals surface area (Å²) in [6, 6.07) is 11.0. The molecule has 5 heteroatoms. The van der Waals surface area contributed by atoms with E-state index in [4.69, 9.17) is 16.7 Å². The molecule has 0 bridgehead atoms. The first kappa shape index (κ1) is 12.3. The Bertz CT molecular complexity index is 536. The lowest BCUT2D eigenvalue weighted by atomic mass is 10.2. The minimum absolute atomic E-state index is 0.0521. The van der Waals surface area contributed by atoms with Gasteiger partial charge < -0.3 is 10.1 Å². The summed E-state index contributed by atoms with van der Waals surface area (Å²) in [6.07, 6.45) is 0. The van der Waals surface area contributed by atoms with Crippen molar-refractivity contribution in [1.29, 1.82) is 0 Å². The molecular weight excluding hydrogens is 230 g/mol. The summed E-state index contributed by atoms with van der Waals surface area (Å²) in [7, 11) is 0. The normalized spacial score (nSPS) is 9.31. The van der Waals surface area contributed by atoms with Gasteiger partial charge in [-0.1, -0.05) is 18.2 Å². The molecule has 0 aliphatic rings. The first-order valence-corrected chi connectivity index (χ1v) is 5.03. The highest BCUT2D eigenvalue weighted by Crippen LogP contribution is 2.06. The fourth-order valence-electron chi connectivity index (χ4n) is 1.10. The van der Waals surface area contributed by atoms with E-state index in [2.05, 4.69) is 4.98 Å². The molecule has 4 nitrogen and oxygen atoms in total. The molecule has 2 rings (SSSR count). The Labute approximate surface area is 96.5 Å². The highest BCUT2D eigenvalue weighted by Gasteiger charge is 1.89. The predicted molar refractivity (Wildman–Crippen MR) is 62.9 cm³/mol. The Kier molecular flexibility index (Phi) is 4.54. The molecule has 0 unspecified atom stereocenters. The van der Waals surface area contributed by atoms with E-state index in [1.165, 1.54) is 6.07 Å². The van der Waals surface area contributed by atoms with Gasteiger partial charge in [0.1, 0.15) is 5.88 Å².